The van der Waals surface area contributed by atoms with Crippen molar-refractivity contribution in [1.82, 2.24) is 15.5 Å². The average Bonchev–Trinajstić information content (AvgIpc) is 3.02. The van der Waals surface area contributed by atoms with Gasteiger partial charge < -0.3 is 15.6 Å². The molecule has 4 rings (SSSR count). The summed E-state index contributed by atoms with van der Waals surface area (Å²) in [6.07, 6.45) is 5.56. The summed E-state index contributed by atoms with van der Waals surface area (Å²) in [5.41, 5.74) is 7.45. The number of carbonyl (C=O) groups excluding carboxylic acids is 1. The summed E-state index contributed by atoms with van der Waals surface area (Å²) in [5.74, 6) is 1.85. The molecule has 2 fully saturated rings. The average molecular weight is 377 g/mol. The van der Waals surface area contributed by atoms with Crippen LogP contribution in [-0.2, 0) is 0 Å². The Kier molecular flexibility index (Phi) is 5.63. The Bertz CT molecular complexity index is 764. The van der Waals surface area contributed by atoms with Gasteiger partial charge in [0.2, 0.25) is 0 Å². The first-order chi connectivity index (χ1) is 12.1. The quantitative estimate of drug-likeness (QED) is 0.858. The first kappa shape index (κ1) is 18.9. The van der Waals surface area contributed by atoms with Crippen molar-refractivity contribution in [1.29, 1.82) is 0 Å². The third-order valence-electron chi connectivity index (χ3n) is 5.60. The number of halogens is 1. The van der Waals surface area contributed by atoms with Crippen LogP contribution in [0.1, 0.15) is 48.3 Å². The zero-order valence-electron chi connectivity index (χ0n) is 14.9. The molecule has 26 heavy (non-hydrogen) atoms. The Morgan fingerprint density at radius 1 is 1.23 bits per heavy atom. The maximum absolute atomic E-state index is 13.0. The number of amides is 1. The van der Waals surface area contributed by atoms with E-state index in [2.05, 4.69) is 15.5 Å². The van der Waals surface area contributed by atoms with Gasteiger partial charge in [0.15, 0.2) is 5.82 Å². The minimum Gasteiger partial charge on any atom is -0.349 e. The van der Waals surface area contributed by atoms with Crippen LogP contribution >= 0.6 is 12.4 Å². The Hall–Kier alpha value is -1.92. The van der Waals surface area contributed by atoms with Gasteiger partial charge in [0.05, 0.1) is 11.1 Å². The molecule has 0 radical (unpaired) electrons. The van der Waals surface area contributed by atoms with Crippen LogP contribution in [0.5, 0.6) is 0 Å². The van der Waals surface area contributed by atoms with Crippen molar-refractivity contribution in [2.24, 2.45) is 17.6 Å². The molecule has 140 valence electrons. The molecule has 1 aromatic carbocycles. The van der Waals surface area contributed by atoms with Gasteiger partial charge in [-0.1, -0.05) is 23.7 Å². The van der Waals surface area contributed by atoms with Crippen LogP contribution in [-0.4, -0.2) is 28.1 Å². The van der Waals surface area contributed by atoms with Crippen molar-refractivity contribution in [2.75, 3.05) is 0 Å². The van der Waals surface area contributed by atoms with Crippen LogP contribution in [0.4, 0.5) is 0 Å². The highest BCUT2D eigenvalue weighted by Crippen LogP contribution is 2.40. The second-order valence-corrected chi connectivity index (χ2v) is 7.37. The molecule has 2 saturated carbocycles. The summed E-state index contributed by atoms with van der Waals surface area (Å²) in [6, 6.07) is 7.89. The minimum absolute atomic E-state index is 0. The molecule has 1 aromatic heterocycles. The summed E-state index contributed by atoms with van der Waals surface area (Å²) < 4.78 is 5.26. The third kappa shape index (κ3) is 3.62. The molecule has 2 unspecified atom stereocenters. The number of nitrogens with one attached hydrogen (secondary N) is 1. The van der Waals surface area contributed by atoms with E-state index in [4.69, 9.17) is 10.3 Å². The van der Waals surface area contributed by atoms with Crippen molar-refractivity contribution >= 4 is 18.3 Å². The van der Waals surface area contributed by atoms with Gasteiger partial charge in [-0.25, -0.2) is 0 Å². The van der Waals surface area contributed by atoms with Crippen molar-refractivity contribution < 1.29 is 9.32 Å². The van der Waals surface area contributed by atoms with Gasteiger partial charge in [0.1, 0.15) is 0 Å². The van der Waals surface area contributed by atoms with Crippen LogP contribution in [0.25, 0.3) is 11.5 Å². The molecule has 0 saturated heterocycles. The SMILES string of the molecule is Cc1noc(-c2ccccc2C(=O)NC2C3CCCC2CC(N)C3)n1.Cl. The summed E-state index contributed by atoms with van der Waals surface area (Å²) >= 11 is 0. The monoisotopic (exact) mass is 376 g/mol. The summed E-state index contributed by atoms with van der Waals surface area (Å²) in [6.45, 7) is 1.77. The predicted molar refractivity (Wildman–Crippen MR) is 101 cm³/mol. The standard InChI is InChI=1S/C19H24N4O2.ClH/c1-11-21-19(25-23-11)16-8-3-2-7-15(16)18(24)22-17-12-5-4-6-13(17)10-14(20)9-12;/h2-3,7-8,12-14,17H,4-6,9-10,20H2,1H3,(H,22,24);1H. The van der Waals surface area contributed by atoms with Crippen LogP contribution in [0, 0.1) is 18.8 Å². The Morgan fingerprint density at radius 2 is 1.92 bits per heavy atom. The van der Waals surface area contributed by atoms with E-state index in [0.717, 1.165) is 25.7 Å². The summed E-state index contributed by atoms with van der Waals surface area (Å²) in [7, 11) is 0. The van der Waals surface area contributed by atoms with Gasteiger partial charge in [0.25, 0.3) is 11.8 Å². The molecule has 1 heterocycles. The number of rotatable bonds is 3. The van der Waals surface area contributed by atoms with Crippen molar-refractivity contribution in [3.8, 4) is 11.5 Å². The molecular formula is C19H25ClN4O2. The number of hydrogen-bond donors (Lipinski definition) is 2. The van der Waals surface area contributed by atoms with E-state index < -0.39 is 0 Å². The number of fused-ring (bicyclic) bond motifs is 2. The van der Waals surface area contributed by atoms with Crippen LogP contribution in [0.15, 0.2) is 28.8 Å². The van der Waals surface area contributed by atoms with Crippen molar-refractivity contribution in [3.63, 3.8) is 0 Å². The maximum Gasteiger partial charge on any atom is 0.258 e. The van der Waals surface area contributed by atoms with E-state index in [1.807, 2.05) is 24.3 Å². The number of carbonyl (C=O) groups is 1. The fraction of sp³-hybridized carbons (Fsp3) is 0.526. The zero-order valence-corrected chi connectivity index (χ0v) is 15.7. The molecule has 6 nitrogen and oxygen atoms in total. The van der Waals surface area contributed by atoms with Crippen molar-refractivity contribution in [3.05, 3.63) is 35.7 Å². The van der Waals surface area contributed by atoms with Crippen LogP contribution in [0.3, 0.4) is 0 Å². The van der Waals surface area contributed by atoms with Gasteiger partial charge >= 0.3 is 0 Å². The molecule has 2 aliphatic rings. The van der Waals surface area contributed by atoms with E-state index >= 15 is 0 Å². The highest BCUT2D eigenvalue weighted by Gasteiger charge is 2.40. The first-order valence-electron chi connectivity index (χ1n) is 9.08. The van der Waals surface area contributed by atoms with Gasteiger partial charge in [-0.05, 0) is 56.6 Å². The van der Waals surface area contributed by atoms with Crippen molar-refractivity contribution in [2.45, 2.75) is 51.1 Å². The van der Waals surface area contributed by atoms with E-state index in [1.54, 1.807) is 6.92 Å². The second kappa shape index (κ2) is 7.76. The Labute approximate surface area is 159 Å². The molecule has 2 atom stereocenters. The Morgan fingerprint density at radius 3 is 2.58 bits per heavy atom. The lowest BCUT2D eigenvalue weighted by Gasteiger charge is -2.45. The number of hydrogen-bond acceptors (Lipinski definition) is 5. The lowest BCUT2D eigenvalue weighted by atomic mass is 9.67. The molecule has 0 aliphatic heterocycles. The molecule has 2 aromatic rings. The number of nitrogens with two attached hydrogens (primary N) is 1. The third-order valence-corrected chi connectivity index (χ3v) is 5.60. The van der Waals surface area contributed by atoms with Gasteiger partial charge in [0, 0.05) is 12.1 Å². The molecule has 2 aliphatic carbocycles. The Balaban J connectivity index is 0.00000196. The topological polar surface area (TPSA) is 94.0 Å². The molecule has 0 spiro atoms. The van der Waals surface area contributed by atoms with E-state index in [-0.39, 0.29) is 30.4 Å². The fourth-order valence-corrected chi connectivity index (χ4v) is 4.53. The number of aromatic nitrogens is 2. The second-order valence-electron chi connectivity index (χ2n) is 7.37. The highest BCUT2D eigenvalue weighted by atomic mass is 35.5. The molecule has 2 bridgehead atoms. The largest absolute Gasteiger partial charge is 0.349 e. The lowest BCUT2D eigenvalue weighted by molar-refractivity contribution is 0.0756. The van der Waals surface area contributed by atoms with E-state index in [1.165, 1.54) is 6.42 Å². The first-order valence-corrected chi connectivity index (χ1v) is 9.08. The number of nitrogens with zero attached hydrogens (tertiary/aromatic N) is 2. The molecular weight excluding hydrogens is 352 g/mol. The summed E-state index contributed by atoms with van der Waals surface area (Å²) in [5, 5.41) is 7.12. The molecule has 7 heteroatoms. The number of aryl methyl sites for hydroxylation is 1. The molecule has 3 N–H and O–H groups in total. The van der Waals surface area contributed by atoms with Crippen LogP contribution < -0.4 is 11.1 Å². The number of benzene rings is 1. The minimum atomic E-state index is -0.0659. The smallest absolute Gasteiger partial charge is 0.258 e. The predicted octanol–water partition coefficient (Wildman–Crippen LogP) is 3.10. The van der Waals surface area contributed by atoms with Crippen LogP contribution in [0.2, 0.25) is 0 Å². The normalized spacial score (nSPS) is 27.5. The summed E-state index contributed by atoms with van der Waals surface area (Å²) in [4.78, 5) is 17.3. The van der Waals surface area contributed by atoms with Gasteiger partial charge in [-0.3, -0.25) is 4.79 Å². The van der Waals surface area contributed by atoms with E-state index in [0.29, 0.717) is 34.7 Å². The molecule has 1 amide bonds. The van der Waals surface area contributed by atoms with E-state index in [9.17, 15) is 4.79 Å². The van der Waals surface area contributed by atoms with Gasteiger partial charge in [-0.2, -0.15) is 4.98 Å². The highest BCUT2D eigenvalue weighted by molar-refractivity contribution is 6.00. The fourth-order valence-electron chi connectivity index (χ4n) is 4.53. The lowest BCUT2D eigenvalue weighted by Crippen LogP contribution is -2.53. The van der Waals surface area contributed by atoms with Gasteiger partial charge in [-0.15, -0.1) is 12.4 Å². The maximum atomic E-state index is 13.0. The zero-order chi connectivity index (χ0) is 17.4.